The van der Waals surface area contributed by atoms with Crippen LogP contribution in [-0.2, 0) is 17.8 Å². The molecule has 3 heterocycles. The zero-order valence-electron chi connectivity index (χ0n) is 27.1. The molecule has 17 nitrogen and oxygen atoms in total. The highest BCUT2D eigenvalue weighted by atomic mass is 16.3. The second-order valence-corrected chi connectivity index (χ2v) is 12.6. The van der Waals surface area contributed by atoms with Gasteiger partial charge in [0.2, 0.25) is 11.9 Å². The lowest BCUT2D eigenvalue weighted by Crippen LogP contribution is -2.44. The first-order valence-corrected chi connectivity index (χ1v) is 16.3. The van der Waals surface area contributed by atoms with Crippen LogP contribution in [0.25, 0.3) is 11.2 Å². The van der Waals surface area contributed by atoms with E-state index in [9.17, 15) is 40.2 Å². The average Bonchev–Trinajstić information content (AvgIpc) is 3.82. The Hall–Kier alpha value is -5.23. The van der Waals surface area contributed by atoms with E-state index in [-0.39, 0.29) is 43.1 Å². The largest absolute Gasteiger partial charge is 0.508 e. The molecular formula is C33H41N9O8. The fourth-order valence-corrected chi connectivity index (χ4v) is 6.49. The summed E-state index contributed by atoms with van der Waals surface area (Å²) in [5, 5.41) is 72.2. The Balaban J connectivity index is 1.24. The summed E-state index contributed by atoms with van der Waals surface area (Å²) < 4.78 is 1.62. The predicted octanol–water partition coefficient (Wildman–Crippen LogP) is -0.525. The van der Waals surface area contributed by atoms with Gasteiger partial charge < -0.3 is 61.4 Å². The molecule has 266 valence electrons. The molecule has 4 aromatic rings. The summed E-state index contributed by atoms with van der Waals surface area (Å²) >= 11 is 0. The number of hydrogen-bond acceptors (Lipinski definition) is 13. The number of aromatic nitrogens is 4. The van der Waals surface area contributed by atoms with Crippen molar-refractivity contribution in [1.82, 2.24) is 35.5 Å². The molecule has 0 bridgehead atoms. The highest BCUT2D eigenvalue weighted by molar-refractivity contribution is 5.85. The fourth-order valence-electron chi connectivity index (χ4n) is 6.49. The number of aliphatic hydroxyl groups is 4. The molecular weight excluding hydrogens is 650 g/mol. The van der Waals surface area contributed by atoms with E-state index in [1.165, 1.54) is 6.33 Å². The average molecular weight is 692 g/mol. The minimum Gasteiger partial charge on any atom is -0.508 e. The van der Waals surface area contributed by atoms with E-state index in [1.54, 1.807) is 53.1 Å². The monoisotopic (exact) mass is 691 g/mol. The van der Waals surface area contributed by atoms with E-state index in [2.05, 4.69) is 26.3 Å². The number of aliphatic hydroxyl groups excluding tert-OH is 4. The molecule has 2 fully saturated rings. The normalized spacial score (nSPS) is 22.4. The first-order valence-electron chi connectivity index (χ1n) is 16.3. The number of fused-ring (bicyclic) bond motifs is 1. The van der Waals surface area contributed by atoms with E-state index < -0.39 is 42.8 Å². The lowest BCUT2D eigenvalue weighted by Gasteiger charge is -2.22. The van der Waals surface area contributed by atoms with Crippen LogP contribution in [-0.4, -0.2) is 119 Å². The molecule has 2 aromatic carbocycles. The quantitative estimate of drug-likeness (QED) is 0.0899. The van der Waals surface area contributed by atoms with Crippen LogP contribution in [0.1, 0.15) is 30.0 Å². The van der Waals surface area contributed by atoms with Crippen LogP contribution in [0.2, 0.25) is 0 Å². The number of phenolic OH excluding ortho intramolecular Hbond substituents is 2. The molecule has 2 aromatic heterocycles. The smallest absolute Gasteiger partial charge is 0.315 e. The van der Waals surface area contributed by atoms with E-state index in [4.69, 9.17) is 9.97 Å². The third-order valence-corrected chi connectivity index (χ3v) is 9.06. The van der Waals surface area contributed by atoms with Crippen LogP contribution in [0, 0.1) is 0 Å². The Morgan fingerprint density at radius 1 is 0.960 bits per heavy atom. The summed E-state index contributed by atoms with van der Waals surface area (Å²) in [6.45, 7) is 0.112. The van der Waals surface area contributed by atoms with Gasteiger partial charge in [-0.05, 0) is 54.7 Å². The molecule has 10 N–H and O–H groups in total. The number of carbonyl (C=O) groups excluding carboxylic acids is 2. The van der Waals surface area contributed by atoms with Crippen molar-refractivity contribution in [2.24, 2.45) is 0 Å². The number of imidazole rings is 1. The van der Waals surface area contributed by atoms with Crippen molar-refractivity contribution < 1.29 is 40.2 Å². The minimum absolute atomic E-state index is 0.112. The lowest BCUT2D eigenvalue weighted by molar-refractivity contribution is -0.125. The van der Waals surface area contributed by atoms with E-state index in [1.807, 2.05) is 4.90 Å². The van der Waals surface area contributed by atoms with Crippen LogP contribution in [0.3, 0.4) is 0 Å². The number of anilines is 2. The summed E-state index contributed by atoms with van der Waals surface area (Å²) in [5.74, 6) is 0.189. The van der Waals surface area contributed by atoms with Gasteiger partial charge in [0.15, 0.2) is 17.0 Å². The van der Waals surface area contributed by atoms with Gasteiger partial charge in [0.05, 0.1) is 31.1 Å². The Kier molecular flexibility index (Phi) is 10.5. The lowest BCUT2D eigenvalue weighted by atomic mass is 10.1. The van der Waals surface area contributed by atoms with Crippen molar-refractivity contribution in [2.45, 2.75) is 62.2 Å². The zero-order chi connectivity index (χ0) is 35.4. The van der Waals surface area contributed by atoms with Gasteiger partial charge >= 0.3 is 6.03 Å². The highest BCUT2D eigenvalue weighted by Gasteiger charge is 2.44. The molecule has 1 saturated heterocycles. The number of carbonyl (C=O) groups is 2. The van der Waals surface area contributed by atoms with Crippen molar-refractivity contribution in [2.75, 3.05) is 36.5 Å². The van der Waals surface area contributed by atoms with Crippen molar-refractivity contribution in [3.63, 3.8) is 0 Å². The van der Waals surface area contributed by atoms with Crippen LogP contribution in [0.5, 0.6) is 11.5 Å². The van der Waals surface area contributed by atoms with Crippen molar-refractivity contribution in [1.29, 1.82) is 0 Å². The van der Waals surface area contributed by atoms with E-state index in [0.717, 1.165) is 11.1 Å². The molecule has 6 atom stereocenters. The van der Waals surface area contributed by atoms with Crippen molar-refractivity contribution in [3.8, 4) is 11.5 Å². The van der Waals surface area contributed by atoms with Crippen LogP contribution in [0.4, 0.5) is 16.6 Å². The van der Waals surface area contributed by atoms with Crippen molar-refractivity contribution in [3.05, 3.63) is 66.0 Å². The maximum Gasteiger partial charge on any atom is 0.315 e. The number of hydrogen-bond donors (Lipinski definition) is 10. The Morgan fingerprint density at radius 3 is 2.50 bits per heavy atom. The van der Waals surface area contributed by atoms with Gasteiger partial charge in [-0.15, -0.1) is 0 Å². The number of phenols is 2. The van der Waals surface area contributed by atoms with Crippen LogP contribution in [0.15, 0.2) is 54.9 Å². The summed E-state index contributed by atoms with van der Waals surface area (Å²) in [5.41, 5.74) is 2.30. The van der Waals surface area contributed by atoms with Gasteiger partial charge in [0, 0.05) is 25.7 Å². The van der Waals surface area contributed by atoms with Gasteiger partial charge in [-0.1, -0.05) is 24.3 Å². The molecule has 1 aliphatic carbocycles. The Bertz CT molecular complexity index is 1810. The van der Waals surface area contributed by atoms with Gasteiger partial charge in [-0.25, -0.2) is 9.78 Å². The molecule has 1 aliphatic heterocycles. The Morgan fingerprint density at radius 2 is 1.76 bits per heavy atom. The number of nitrogens with one attached hydrogen (secondary N) is 4. The zero-order valence-corrected chi connectivity index (χ0v) is 27.1. The van der Waals surface area contributed by atoms with Gasteiger partial charge in [-0.2, -0.15) is 9.97 Å². The fraction of sp³-hybridized carbons (Fsp3) is 0.424. The standard InChI is InChI=1S/C33H41N9O8/c43-15-21(10-18-4-6-22(45)7-5-18)36-30-27-31(42(17-35-27)25-12-24(28(48)29(25)49)38-26(47)16-44)40-32(39-30)41-9-8-20(14-41)37-33(50)34-13-19-2-1-3-23(46)11-19/h1-7,11,17,20-21,24-25,28-29,43-46,48-49H,8-10,12-16H2,(H,38,47)(H2,34,37,50)(H,36,39,40)/t20-,21+,24+,25-,28-,29+/m1/s1. The molecule has 17 heteroatoms. The number of benzene rings is 2. The van der Waals surface area contributed by atoms with Gasteiger partial charge in [0.1, 0.15) is 30.3 Å². The number of amides is 3. The third-order valence-electron chi connectivity index (χ3n) is 9.06. The molecule has 1 saturated carbocycles. The molecule has 6 rings (SSSR count). The van der Waals surface area contributed by atoms with Crippen molar-refractivity contribution >= 4 is 34.9 Å². The Labute approximate surface area is 286 Å². The first kappa shape index (κ1) is 34.6. The van der Waals surface area contributed by atoms with E-state index in [0.29, 0.717) is 48.9 Å². The highest BCUT2D eigenvalue weighted by Crippen LogP contribution is 2.35. The van der Waals surface area contributed by atoms with Crippen LogP contribution >= 0.6 is 0 Å². The number of urea groups is 1. The third kappa shape index (κ3) is 7.81. The minimum atomic E-state index is -1.31. The number of nitrogens with zero attached hydrogens (tertiary/aromatic N) is 5. The molecule has 0 radical (unpaired) electrons. The summed E-state index contributed by atoms with van der Waals surface area (Å²) in [6.07, 6.45) is 0.0121. The van der Waals surface area contributed by atoms with E-state index >= 15 is 0 Å². The van der Waals surface area contributed by atoms with Crippen LogP contribution < -0.4 is 26.2 Å². The second kappa shape index (κ2) is 15.1. The first-order chi connectivity index (χ1) is 24.1. The number of rotatable bonds is 12. The molecule has 0 spiro atoms. The maximum absolute atomic E-state index is 12.7. The van der Waals surface area contributed by atoms with Gasteiger partial charge in [-0.3, -0.25) is 4.79 Å². The SMILES string of the molecule is O=C(CO)N[C@H]1C[C@@H](n2cnc3c(N[C@H](CO)Cc4ccc(O)cc4)nc(N4CC[C@@H](NC(=O)NCc5cccc(O)c5)C4)nc32)[C@H](O)[C@@H]1O. The summed E-state index contributed by atoms with van der Waals surface area (Å²) in [4.78, 5) is 40.6. The molecule has 2 aliphatic rings. The molecule has 50 heavy (non-hydrogen) atoms. The second-order valence-electron chi connectivity index (χ2n) is 12.6. The molecule has 3 amide bonds. The summed E-state index contributed by atoms with van der Waals surface area (Å²) in [7, 11) is 0. The number of aromatic hydroxyl groups is 2. The molecule has 0 unspecified atom stereocenters. The predicted molar refractivity (Wildman–Crippen MR) is 180 cm³/mol. The maximum atomic E-state index is 12.7. The van der Waals surface area contributed by atoms with Gasteiger partial charge in [0.25, 0.3) is 0 Å². The topological polar surface area (TPSA) is 250 Å². The summed E-state index contributed by atoms with van der Waals surface area (Å²) in [6, 6.07) is 10.6.